The molecule has 1 rings (SSSR count). The molecule has 1 aliphatic rings. The summed E-state index contributed by atoms with van der Waals surface area (Å²) in [5, 5.41) is -0.373. The van der Waals surface area contributed by atoms with Crippen molar-refractivity contribution >= 4 is 17.5 Å². The average Bonchev–Trinajstić information content (AvgIpc) is 2.28. The molecule has 4 heteroatoms. The first kappa shape index (κ1) is 12.8. The summed E-state index contributed by atoms with van der Waals surface area (Å²) in [5.41, 5.74) is 0. The molecule has 2 atom stereocenters. The van der Waals surface area contributed by atoms with Gasteiger partial charge in [-0.05, 0) is 25.7 Å². The smallest absolute Gasteiger partial charge is 0.240 e. The number of hydrogen-bond acceptors (Lipinski definition) is 2. The fourth-order valence-electron chi connectivity index (χ4n) is 2.01. The Labute approximate surface area is 96.7 Å². The Bertz CT molecular complexity index is 209. The molecule has 0 spiro atoms. The van der Waals surface area contributed by atoms with Gasteiger partial charge in [0.25, 0.3) is 0 Å². The second kappa shape index (κ2) is 6.33. The lowest BCUT2D eigenvalue weighted by Gasteiger charge is -2.36. The molecule has 1 saturated heterocycles. The van der Waals surface area contributed by atoms with Crippen molar-refractivity contribution in [3.05, 3.63) is 0 Å². The molecule has 0 saturated carbocycles. The van der Waals surface area contributed by atoms with Crippen molar-refractivity contribution < 1.29 is 9.53 Å². The molecule has 1 heterocycles. The van der Waals surface area contributed by atoms with E-state index in [1.54, 1.807) is 7.11 Å². The number of halogens is 1. The molecule has 0 aliphatic carbocycles. The van der Waals surface area contributed by atoms with E-state index in [9.17, 15) is 4.79 Å². The van der Waals surface area contributed by atoms with Gasteiger partial charge in [0.15, 0.2) is 0 Å². The van der Waals surface area contributed by atoms with Gasteiger partial charge in [0.1, 0.15) is 5.38 Å². The van der Waals surface area contributed by atoms with Crippen LogP contribution in [-0.2, 0) is 9.53 Å². The Kier molecular flexibility index (Phi) is 5.40. The van der Waals surface area contributed by atoms with E-state index in [0.717, 1.165) is 19.4 Å². The van der Waals surface area contributed by atoms with Crippen LogP contribution in [0, 0.1) is 0 Å². The van der Waals surface area contributed by atoms with Gasteiger partial charge in [-0.25, -0.2) is 0 Å². The van der Waals surface area contributed by atoms with Crippen LogP contribution in [0.25, 0.3) is 0 Å². The first-order valence-electron chi connectivity index (χ1n) is 5.64. The Morgan fingerprint density at radius 1 is 1.60 bits per heavy atom. The van der Waals surface area contributed by atoms with Gasteiger partial charge in [-0.2, -0.15) is 0 Å². The van der Waals surface area contributed by atoms with Crippen LogP contribution in [0.15, 0.2) is 0 Å². The third-order valence-corrected chi connectivity index (χ3v) is 3.39. The monoisotopic (exact) mass is 233 g/mol. The zero-order chi connectivity index (χ0) is 11.3. The number of carbonyl (C=O) groups excluding carboxylic acids is 1. The molecule has 0 N–H and O–H groups in total. The fraction of sp³-hybridized carbons (Fsp3) is 0.909. The van der Waals surface area contributed by atoms with Crippen molar-refractivity contribution in [3.8, 4) is 0 Å². The van der Waals surface area contributed by atoms with E-state index in [4.69, 9.17) is 16.3 Å². The lowest BCUT2D eigenvalue weighted by atomic mass is 10.0. The minimum atomic E-state index is -0.373. The highest BCUT2D eigenvalue weighted by Crippen LogP contribution is 2.20. The molecule has 0 radical (unpaired) electrons. The van der Waals surface area contributed by atoms with Crippen LogP contribution in [0.5, 0.6) is 0 Å². The van der Waals surface area contributed by atoms with Gasteiger partial charge in [0.05, 0.1) is 12.6 Å². The Morgan fingerprint density at radius 3 is 2.93 bits per heavy atom. The molecule has 1 amide bonds. The first-order valence-corrected chi connectivity index (χ1v) is 6.07. The molecule has 1 fully saturated rings. The van der Waals surface area contributed by atoms with Crippen molar-refractivity contribution in [3.63, 3.8) is 0 Å². The van der Waals surface area contributed by atoms with Crippen molar-refractivity contribution in [2.24, 2.45) is 0 Å². The Morgan fingerprint density at radius 2 is 2.33 bits per heavy atom. The second-order valence-corrected chi connectivity index (χ2v) is 4.54. The minimum Gasteiger partial charge on any atom is -0.383 e. The third-order valence-electron chi connectivity index (χ3n) is 2.90. The molecule has 0 bridgehead atoms. The molecular weight excluding hydrogens is 214 g/mol. The number of rotatable bonds is 4. The molecule has 3 nitrogen and oxygen atoms in total. The number of nitrogens with zero attached hydrogens (tertiary/aromatic N) is 1. The van der Waals surface area contributed by atoms with Gasteiger partial charge < -0.3 is 9.64 Å². The van der Waals surface area contributed by atoms with E-state index in [0.29, 0.717) is 13.0 Å². The van der Waals surface area contributed by atoms with Crippen LogP contribution in [-0.4, -0.2) is 42.5 Å². The van der Waals surface area contributed by atoms with Gasteiger partial charge in [-0.1, -0.05) is 6.92 Å². The minimum absolute atomic E-state index is 0.0703. The molecular formula is C11H20ClNO2. The number of methoxy groups -OCH3 is 1. The summed E-state index contributed by atoms with van der Waals surface area (Å²) < 4.78 is 5.14. The maximum atomic E-state index is 12.0. The third kappa shape index (κ3) is 3.35. The highest BCUT2D eigenvalue weighted by molar-refractivity contribution is 6.30. The summed E-state index contributed by atoms with van der Waals surface area (Å²) in [6.07, 6.45) is 3.99. The lowest BCUT2D eigenvalue weighted by Crippen LogP contribution is -2.48. The number of ether oxygens (including phenoxy) is 1. The number of carbonyl (C=O) groups is 1. The molecule has 0 unspecified atom stereocenters. The van der Waals surface area contributed by atoms with Crippen LogP contribution in [0.4, 0.5) is 0 Å². The van der Waals surface area contributed by atoms with Gasteiger partial charge in [0, 0.05) is 13.7 Å². The number of likely N-dealkylation sites (tertiary alicyclic amines) is 1. The van der Waals surface area contributed by atoms with Crippen molar-refractivity contribution in [2.75, 3.05) is 20.3 Å². The van der Waals surface area contributed by atoms with Gasteiger partial charge >= 0.3 is 0 Å². The number of piperidine rings is 1. The van der Waals surface area contributed by atoms with E-state index in [1.807, 2.05) is 11.8 Å². The second-order valence-electron chi connectivity index (χ2n) is 4.01. The topological polar surface area (TPSA) is 29.5 Å². The van der Waals surface area contributed by atoms with Crippen LogP contribution < -0.4 is 0 Å². The summed E-state index contributed by atoms with van der Waals surface area (Å²) >= 11 is 5.98. The van der Waals surface area contributed by atoms with E-state index < -0.39 is 0 Å². The van der Waals surface area contributed by atoms with Crippen molar-refractivity contribution in [1.29, 1.82) is 0 Å². The van der Waals surface area contributed by atoms with E-state index >= 15 is 0 Å². The number of hydrogen-bond donors (Lipinski definition) is 0. The largest absolute Gasteiger partial charge is 0.383 e. The van der Waals surface area contributed by atoms with E-state index in [2.05, 4.69) is 0 Å². The summed E-state index contributed by atoms with van der Waals surface area (Å²) in [5.74, 6) is 0.0703. The highest BCUT2D eigenvalue weighted by Gasteiger charge is 2.29. The van der Waals surface area contributed by atoms with Gasteiger partial charge in [0.2, 0.25) is 5.91 Å². The zero-order valence-corrected chi connectivity index (χ0v) is 10.3. The van der Waals surface area contributed by atoms with Crippen LogP contribution >= 0.6 is 11.6 Å². The standard InChI is InChI=1S/C11H20ClNO2/c1-3-10(12)11(14)13-7-5-4-6-9(13)8-15-2/h9-10H,3-8H2,1-2H3/t9-,10+/m1/s1. The predicted molar refractivity (Wildman–Crippen MR) is 61.2 cm³/mol. The first-order chi connectivity index (χ1) is 7.20. The maximum absolute atomic E-state index is 12.0. The molecule has 0 aromatic heterocycles. The molecule has 1 aliphatic heterocycles. The van der Waals surface area contributed by atoms with Crippen molar-refractivity contribution in [1.82, 2.24) is 4.90 Å². The normalized spacial score (nSPS) is 23.9. The Hall–Kier alpha value is -0.280. The van der Waals surface area contributed by atoms with E-state index in [1.165, 1.54) is 6.42 Å². The zero-order valence-electron chi connectivity index (χ0n) is 9.54. The number of alkyl halides is 1. The van der Waals surface area contributed by atoms with E-state index in [-0.39, 0.29) is 17.3 Å². The lowest BCUT2D eigenvalue weighted by molar-refractivity contribution is -0.135. The fourth-order valence-corrected chi connectivity index (χ4v) is 2.14. The summed E-state index contributed by atoms with van der Waals surface area (Å²) in [7, 11) is 1.68. The van der Waals surface area contributed by atoms with Crippen LogP contribution in [0.2, 0.25) is 0 Å². The Balaban J connectivity index is 2.58. The average molecular weight is 234 g/mol. The summed E-state index contributed by atoms with van der Waals surface area (Å²) in [4.78, 5) is 13.8. The molecule has 0 aromatic carbocycles. The predicted octanol–water partition coefficient (Wildman–Crippen LogP) is 2.03. The van der Waals surface area contributed by atoms with Crippen LogP contribution in [0.1, 0.15) is 32.6 Å². The maximum Gasteiger partial charge on any atom is 0.240 e. The highest BCUT2D eigenvalue weighted by atomic mass is 35.5. The molecule has 15 heavy (non-hydrogen) atoms. The molecule has 88 valence electrons. The number of amides is 1. The van der Waals surface area contributed by atoms with Gasteiger partial charge in [-0.15, -0.1) is 11.6 Å². The van der Waals surface area contributed by atoms with Gasteiger partial charge in [-0.3, -0.25) is 4.79 Å². The van der Waals surface area contributed by atoms with Crippen LogP contribution in [0.3, 0.4) is 0 Å². The summed E-state index contributed by atoms with van der Waals surface area (Å²) in [6, 6.07) is 0.226. The quantitative estimate of drug-likeness (QED) is 0.696. The summed E-state index contributed by atoms with van der Waals surface area (Å²) in [6.45, 7) is 3.39. The molecule has 0 aromatic rings. The SMILES string of the molecule is CC[C@H](Cl)C(=O)N1CCCC[C@@H]1COC. The van der Waals surface area contributed by atoms with Crippen molar-refractivity contribution in [2.45, 2.75) is 44.0 Å².